The molecule has 8 heterocycles. The van der Waals surface area contributed by atoms with E-state index in [2.05, 4.69) is 118 Å². The first-order valence-corrected chi connectivity index (χ1v) is 41.3. The van der Waals surface area contributed by atoms with Gasteiger partial charge in [-0.3, -0.25) is 33.6 Å². The van der Waals surface area contributed by atoms with Gasteiger partial charge in [0.2, 0.25) is 0 Å². The van der Waals surface area contributed by atoms with Crippen LogP contribution in [0.4, 0.5) is 46.0 Å². The van der Waals surface area contributed by atoms with Crippen molar-refractivity contribution in [3.8, 4) is 0 Å². The minimum absolute atomic E-state index is 0.0197. The zero-order chi connectivity index (χ0) is 88.5. The first-order chi connectivity index (χ1) is 57.4. The number of likely N-dealkylation sites (tertiary alicyclic amines) is 3. The van der Waals surface area contributed by atoms with Gasteiger partial charge in [0, 0.05) is 50.0 Å². The van der Waals surface area contributed by atoms with E-state index in [9.17, 15) is 38.4 Å². The predicted octanol–water partition coefficient (Wildman–Crippen LogP) is 13.1. The Morgan fingerprint density at radius 2 is 0.612 bits per heavy atom. The number of ether oxygens (including phenoxy) is 4. The maximum Gasteiger partial charge on any atom is 0.394 e. The van der Waals surface area contributed by atoms with Crippen LogP contribution in [0.3, 0.4) is 0 Å². The Labute approximate surface area is 710 Å². The molecule has 29 heteroatoms. The summed E-state index contributed by atoms with van der Waals surface area (Å²) < 4.78 is 24.3. The second kappa shape index (κ2) is 45.0. The Balaban J connectivity index is 0.000000193. The van der Waals surface area contributed by atoms with Crippen LogP contribution in [0.5, 0.6) is 0 Å². The second-order valence-corrected chi connectivity index (χ2v) is 32.6. The lowest BCUT2D eigenvalue weighted by molar-refractivity contribution is -0.151. The number of amides is 7. The number of aromatic nitrogens is 4. The molecule has 648 valence electrons. The third-order valence-electron chi connectivity index (χ3n) is 21.3. The predicted molar refractivity (Wildman–Crippen MR) is 471 cm³/mol. The number of carboxylic acids is 1. The van der Waals surface area contributed by atoms with Crippen LogP contribution in [0, 0.1) is 51.4 Å². The summed E-state index contributed by atoms with van der Waals surface area (Å²) in [5.41, 5.74) is 31.5. The number of nitrogens with zero attached hydrogens (tertiary/aromatic N) is 7. The fourth-order valence-corrected chi connectivity index (χ4v) is 14.9. The van der Waals surface area contributed by atoms with E-state index in [1.54, 1.807) is 66.7 Å². The quantitative estimate of drug-likeness (QED) is 0.0402. The third kappa shape index (κ3) is 27.9. The molecule has 4 aliphatic heterocycles. The summed E-state index contributed by atoms with van der Waals surface area (Å²) in [5.74, 6) is -3.91. The minimum Gasteiger partial charge on any atom is -0.474 e. The maximum absolute atomic E-state index is 13.1. The molecule has 14 N–H and O–H groups in total. The molecular weight excluding hydrogens is 1540 g/mol. The van der Waals surface area contributed by atoms with Gasteiger partial charge in [0.15, 0.2) is 0 Å². The van der Waals surface area contributed by atoms with Crippen molar-refractivity contribution in [2.75, 3.05) is 70.4 Å². The number of benzene rings is 4. The summed E-state index contributed by atoms with van der Waals surface area (Å²) in [6.45, 7) is 34.2. The molecule has 29 nitrogen and oxygen atoms in total. The van der Waals surface area contributed by atoms with Crippen molar-refractivity contribution in [3.05, 3.63) is 215 Å². The summed E-state index contributed by atoms with van der Waals surface area (Å²) in [6.07, 6.45) is 9.70. The summed E-state index contributed by atoms with van der Waals surface area (Å²) in [6, 6.07) is 46.4. The number of nitrogens with two attached hydrogens (primary N) is 4. The molecular formula is C92H122N16O13. The van der Waals surface area contributed by atoms with Gasteiger partial charge in [-0.25, -0.2) is 24.7 Å². The molecule has 0 aliphatic carbocycles. The Kier molecular flexibility index (Phi) is 35.3. The highest BCUT2D eigenvalue weighted by Gasteiger charge is 2.43. The van der Waals surface area contributed by atoms with Crippen LogP contribution in [0.2, 0.25) is 0 Å². The number of carbonyl (C=O) groups is 8. The lowest BCUT2D eigenvalue weighted by Gasteiger charge is -2.43. The lowest BCUT2D eigenvalue weighted by atomic mass is 9.87. The highest BCUT2D eigenvalue weighted by Crippen LogP contribution is 2.40. The monoisotopic (exact) mass is 1660 g/mol. The molecule has 7 amide bonds. The van der Waals surface area contributed by atoms with E-state index in [0.717, 1.165) is 46.3 Å². The number of nitrogen functional groups attached to an aromatic ring is 4. The molecule has 4 aromatic carbocycles. The van der Waals surface area contributed by atoms with E-state index in [-0.39, 0.29) is 72.5 Å². The van der Waals surface area contributed by atoms with Gasteiger partial charge in [0.05, 0.1) is 114 Å². The standard InChI is InChI=1S/3C23H30N4O3.C15H23NO.C8H9N3O3/c3*1-14(2)30-20-11-19(17-8-6-5-7-9-17)27(13-16(20)4)23(29)22(28)26-18-10-15(3)21(24)25-12-18;1-11(2)17-15-9-14(16-10-12(15)3)13-7-5-4-6-8-13;1-4-2-5(3-10-6(4)9)11-7(12)8(13)14/h3*5-10,12,14,16,19-20H,11,13H2,1-4H3,(H2,24,25)(H,26,28);4-8,11-12,14-16H,9-10H2,1-3H3;2-3H,1H3,(H2,9,10)(H,11,12)(H,13,14)/t16-,19-,20+;2*16-,19-,20-;12-,14-,15+;/m1101./s1. The van der Waals surface area contributed by atoms with Crippen molar-refractivity contribution in [3.63, 3.8) is 0 Å². The molecule has 0 bridgehead atoms. The van der Waals surface area contributed by atoms with Crippen LogP contribution in [0.15, 0.2) is 170 Å². The Morgan fingerprint density at radius 3 is 0.851 bits per heavy atom. The molecule has 121 heavy (non-hydrogen) atoms. The highest BCUT2D eigenvalue weighted by molar-refractivity contribution is 6.41. The number of hydrogen-bond acceptors (Lipinski definition) is 21. The Bertz CT molecular complexity index is 4400. The molecule has 4 saturated heterocycles. The van der Waals surface area contributed by atoms with Crippen molar-refractivity contribution in [2.45, 2.75) is 209 Å². The number of carboxylic acid groups (broad SMARTS) is 1. The summed E-state index contributed by atoms with van der Waals surface area (Å²) in [7, 11) is 0. The topological polar surface area (TPSA) is 419 Å². The SMILES string of the molecule is CC(C)O[C@H]1C[C@H](c2ccccc2)NC[C@H]1C.Cc1cc(NC(=O)C(=O)N2C[C@@H](C)[C@@H](OC(C)C)C[C@@H]2c2ccccc2)cnc1N.Cc1cc(NC(=O)C(=O)N2C[C@@H](C)[C@H](OC(C)C)C[C@@H]2c2ccccc2)cnc1N.Cc1cc(NC(=O)C(=O)N2C[C@H](C)[C@@H](OC(C)C)C[C@H]2c2ccccc2)cnc1N.Cc1cc(NC(=O)C(=O)O)cnc1N. The average Bonchev–Trinajstić information content (AvgIpc) is 0.800. The van der Waals surface area contributed by atoms with E-state index in [1.165, 1.54) is 30.4 Å². The van der Waals surface area contributed by atoms with Crippen molar-refractivity contribution in [1.29, 1.82) is 0 Å². The molecule has 0 spiro atoms. The number of aryl methyl sites for hydroxylation is 4. The summed E-state index contributed by atoms with van der Waals surface area (Å²) >= 11 is 0. The van der Waals surface area contributed by atoms with E-state index in [4.69, 9.17) is 47.0 Å². The molecule has 0 saturated carbocycles. The third-order valence-corrected chi connectivity index (χ3v) is 21.3. The van der Waals surface area contributed by atoms with Gasteiger partial charge < -0.3 is 88.3 Å². The number of nitrogens with one attached hydrogen (secondary N) is 5. The van der Waals surface area contributed by atoms with Crippen molar-refractivity contribution >= 4 is 93.3 Å². The van der Waals surface area contributed by atoms with Crippen molar-refractivity contribution < 1.29 is 62.4 Å². The first kappa shape index (κ1) is 94.7. The zero-order valence-corrected chi connectivity index (χ0v) is 72.3. The lowest BCUT2D eigenvalue weighted by Crippen LogP contribution is -2.51. The first-order valence-electron chi connectivity index (χ1n) is 41.3. The fraction of sp³-hybridized carbons (Fsp3) is 0.435. The second-order valence-electron chi connectivity index (χ2n) is 32.6. The van der Waals surface area contributed by atoms with Gasteiger partial charge in [-0.15, -0.1) is 0 Å². The van der Waals surface area contributed by atoms with Gasteiger partial charge in [-0.2, -0.15) is 0 Å². The molecule has 8 aromatic rings. The highest BCUT2D eigenvalue weighted by atomic mass is 16.5. The van der Waals surface area contributed by atoms with Gasteiger partial charge in [-0.1, -0.05) is 149 Å². The van der Waals surface area contributed by atoms with Gasteiger partial charge in [-0.05, 0) is 183 Å². The van der Waals surface area contributed by atoms with E-state index < -0.39 is 47.3 Å². The van der Waals surface area contributed by atoms with Gasteiger partial charge in [0.25, 0.3) is 0 Å². The van der Waals surface area contributed by atoms with Crippen molar-refractivity contribution in [1.82, 2.24) is 40.0 Å². The van der Waals surface area contributed by atoms with E-state index in [1.807, 2.05) is 133 Å². The number of hydrogen-bond donors (Lipinski definition) is 10. The van der Waals surface area contributed by atoms with E-state index in [0.29, 0.717) is 115 Å². The smallest absolute Gasteiger partial charge is 0.394 e. The summed E-state index contributed by atoms with van der Waals surface area (Å²) in [4.78, 5) is 119. The average molecular weight is 1660 g/mol. The molecule has 12 rings (SSSR count). The van der Waals surface area contributed by atoms with Crippen LogP contribution < -0.4 is 49.5 Å². The fourth-order valence-electron chi connectivity index (χ4n) is 14.9. The van der Waals surface area contributed by atoms with Crippen LogP contribution in [-0.4, -0.2) is 162 Å². The molecule has 0 radical (unpaired) electrons. The van der Waals surface area contributed by atoms with Gasteiger partial charge >= 0.3 is 47.3 Å². The summed E-state index contributed by atoms with van der Waals surface area (Å²) in [5, 5.41) is 22.0. The number of aliphatic carboxylic acids is 1. The van der Waals surface area contributed by atoms with Crippen LogP contribution in [0.25, 0.3) is 0 Å². The number of carbonyl (C=O) groups excluding carboxylic acids is 7. The Hall–Kier alpha value is -11.8. The van der Waals surface area contributed by atoms with Crippen molar-refractivity contribution in [2.24, 2.45) is 23.7 Å². The minimum atomic E-state index is -1.54. The zero-order valence-electron chi connectivity index (χ0n) is 72.3. The normalized spacial score (nSPS) is 21.2. The molecule has 4 aromatic heterocycles. The van der Waals surface area contributed by atoms with Gasteiger partial charge in [0.1, 0.15) is 23.3 Å². The number of piperidine rings is 4. The number of anilines is 8. The Morgan fingerprint density at radius 1 is 0.372 bits per heavy atom. The molecule has 12 atom stereocenters. The largest absolute Gasteiger partial charge is 0.474 e. The molecule has 4 fully saturated rings. The molecule has 4 aliphatic rings. The van der Waals surface area contributed by atoms with Crippen LogP contribution in [0.1, 0.15) is 177 Å². The van der Waals surface area contributed by atoms with Crippen LogP contribution in [-0.2, 0) is 57.3 Å². The molecule has 0 unspecified atom stereocenters. The van der Waals surface area contributed by atoms with Crippen LogP contribution >= 0.6 is 0 Å². The number of pyridine rings is 4. The maximum atomic E-state index is 13.1. The van der Waals surface area contributed by atoms with E-state index >= 15 is 0 Å². The number of rotatable bonds is 16.